The van der Waals surface area contributed by atoms with E-state index < -0.39 is 22.7 Å². The molecule has 104 valence electrons. The summed E-state index contributed by atoms with van der Waals surface area (Å²) in [6, 6.07) is 21.2. The van der Waals surface area contributed by atoms with Gasteiger partial charge in [-0.1, -0.05) is 71.0 Å². The van der Waals surface area contributed by atoms with Gasteiger partial charge in [0.1, 0.15) is 6.29 Å². The fourth-order valence-corrected chi connectivity index (χ4v) is 13.0. The molecule has 0 radical (unpaired) electrons. The lowest BCUT2D eigenvalue weighted by molar-refractivity contribution is -0.0342. The lowest BCUT2D eigenvalue weighted by atomic mass is 10.4. The Morgan fingerprint density at radius 3 is 1.90 bits per heavy atom. The molecule has 0 bridgehead atoms. The minimum Gasteiger partial charge on any atom is -0.415 e. The van der Waals surface area contributed by atoms with Crippen molar-refractivity contribution in [1.82, 2.24) is 0 Å². The van der Waals surface area contributed by atoms with Crippen LogP contribution in [-0.2, 0) is 4.43 Å². The molecule has 20 heavy (non-hydrogen) atoms. The van der Waals surface area contributed by atoms with Crippen LogP contribution in [0.4, 0.5) is 0 Å². The van der Waals surface area contributed by atoms with Gasteiger partial charge in [-0.3, -0.25) is 0 Å². The van der Waals surface area contributed by atoms with Gasteiger partial charge in [-0.05, 0) is 12.5 Å². The minimum atomic E-state index is -2.47. The summed E-state index contributed by atoms with van der Waals surface area (Å²) < 4.78 is 5.52. The van der Waals surface area contributed by atoms with Crippen molar-refractivity contribution < 1.29 is 14.3 Å². The summed E-state index contributed by atoms with van der Waals surface area (Å²) in [6.07, 6.45) is -0.204. The first kappa shape index (κ1) is 13.7. The van der Waals surface area contributed by atoms with Gasteiger partial charge < -0.3 is 14.3 Å². The number of benzene rings is 2. The van der Waals surface area contributed by atoms with E-state index in [-0.39, 0.29) is 0 Å². The summed E-state index contributed by atoms with van der Waals surface area (Å²) in [5.41, 5.74) is 0. The van der Waals surface area contributed by atoms with Crippen molar-refractivity contribution >= 4 is 26.8 Å². The number of hydrogen-bond donors (Lipinski definition) is 2. The Bertz CT molecular complexity index is 522. The van der Waals surface area contributed by atoms with E-state index in [4.69, 9.17) is 4.43 Å². The molecule has 1 fully saturated rings. The van der Waals surface area contributed by atoms with Crippen LogP contribution in [0.3, 0.4) is 0 Å². The molecule has 1 aliphatic heterocycles. The van der Waals surface area contributed by atoms with Gasteiger partial charge in [0.05, 0.1) is 0 Å². The molecule has 0 amide bonds. The minimum absolute atomic E-state index is 0.597. The molecule has 1 saturated heterocycles. The molecule has 0 aromatic heterocycles. The summed E-state index contributed by atoms with van der Waals surface area (Å²) >= 11 is 0. The first-order valence-electron chi connectivity index (χ1n) is 6.86. The van der Waals surface area contributed by atoms with E-state index >= 15 is 0 Å². The maximum absolute atomic E-state index is 10.7. The highest BCUT2D eigenvalue weighted by atomic mass is 29.2. The van der Waals surface area contributed by atoms with Crippen molar-refractivity contribution in [3.63, 3.8) is 0 Å². The number of aliphatic hydroxyl groups is 1. The molecule has 2 N–H and O–H groups in total. The lowest BCUT2D eigenvalue weighted by Gasteiger charge is -2.40. The smallest absolute Gasteiger partial charge is 0.311 e. The van der Waals surface area contributed by atoms with Crippen molar-refractivity contribution in [3.8, 4) is 0 Å². The second kappa shape index (κ2) is 5.63. The largest absolute Gasteiger partial charge is 0.415 e. The zero-order valence-corrected chi connectivity index (χ0v) is 13.3. The van der Waals surface area contributed by atoms with Crippen molar-refractivity contribution in [2.75, 3.05) is 0 Å². The lowest BCUT2D eigenvalue weighted by Crippen LogP contribution is -2.72. The molecular weight excluding hydrogens is 284 g/mol. The van der Waals surface area contributed by atoms with Gasteiger partial charge in [0.2, 0.25) is 0 Å². The highest BCUT2D eigenvalue weighted by Gasteiger charge is 2.50. The molecule has 1 heterocycles. The predicted molar refractivity (Wildman–Crippen MR) is 83.8 cm³/mol. The molecular formula is C15H18O3Si2. The average Bonchev–Trinajstić information content (AvgIpc) is 2.50. The molecule has 0 aliphatic carbocycles. The summed E-state index contributed by atoms with van der Waals surface area (Å²) in [4.78, 5) is 10.7. The van der Waals surface area contributed by atoms with Crippen LogP contribution in [0.15, 0.2) is 60.7 Å². The molecule has 2 atom stereocenters. The Morgan fingerprint density at radius 2 is 1.45 bits per heavy atom. The third kappa shape index (κ3) is 2.27. The molecule has 1 aliphatic rings. The maximum Gasteiger partial charge on any atom is 0.311 e. The Morgan fingerprint density at radius 1 is 0.950 bits per heavy atom. The zero-order chi connectivity index (χ0) is 14.0. The van der Waals surface area contributed by atoms with Gasteiger partial charge in [-0.25, -0.2) is 0 Å². The quantitative estimate of drug-likeness (QED) is 0.784. The SMILES string of the molecule is OC1CC[Si](c2ccccc2)(c2ccccc2)[SiH](O)O1. The van der Waals surface area contributed by atoms with Gasteiger partial charge in [0.25, 0.3) is 0 Å². The molecule has 5 heteroatoms. The summed E-state index contributed by atoms with van der Waals surface area (Å²) in [5, 5.41) is 12.1. The van der Waals surface area contributed by atoms with Crippen LogP contribution in [-0.4, -0.2) is 32.6 Å². The highest BCUT2D eigenvalue weighted by Crippen LogP contribution is 2.24. The normalized spacial score (nSPS) is 25.3. The van der Waals surface area contributed by atoms with Gasteiger partial charge in [-0.15, -0.1) is 0 Å². The van der Waals surface area contributed by atoms with E-state index in [1.807, 2.05) is 36.4 Å². The first-order chi connectivity index (χ1) is 9.73. The van der Waals surface area contributed by atoms with Crippen LogP contribution in [0.5, 0.6) is 0 Å². The monoisotopic (exact) mass is 302 g/mol. The van der Waals surface area contributed by atoms with E-state index in [1.165, 1.54) is 10.4 Å². The fourth-order valence-electron chi connectivity index (χ4n) is 3.02. The average molecular weight is 302 g/mol. The number of hydrogen-bond acceptors (Lipinski definition) is 3. The third-order valence-corrected chi connectivity index (χ3v) is 15.1. The van der Waals surface area contributed by atoms with Crippen molar-refractivity contribution in [3.05, 3.63) is 60.7 Å². The third-order valence-electron chi connectivity index (χ3n) is 4.07. The summed E-state index contributed by atoms with van der Waals surface area (Å²) in [6.45, 7) is 0. The molecule has 3 rings (SSSR count). The van der Waals surface area contributed by atoms with Crippen LogP contribution < -0.4 is 10.4 Å². The van der Waals surface area contributed by atoms with Crippen LogP contribution in [0, 0.1) is 0 Å². The van der Waals surface area contributed by atoms with Crippen LogP contribution in [0.25, 0.3) is 0 Å². The van der Waals surface area contributed by atoms with Gasteiger partial charge >= 0.3 is 8.80 Å². The Labute approximate surface area is 121 Å². The zero-order valence-electron chi connectivity index (χ0n) is 11.1. The van der Waals surface area contributed by atoms with Crippen LogP contribution >= 0.6 is 0 Å². The molecule has 0 saturated carbocycles. The molecule has 2 aromatic carbocycles. The Balaban J connectivity index is 2.13. The molecule has 3 nitrogen and oxygen atoms in total. The maximum atomic E-state index is 10.7. The summed E-state index contributed by atoms with van der Waals surface area (Å²) in [7, 11) is -4.74. The highest BCUT2D eigenvalue weighted by molar-refractivity contribution is 7.40. The van der Waals surface area contributed by atoms with Crippen molar-refractivity contribution in [2.45, 2.75) is 18.8 Å². The second-order valence-electron chi connectivity index (χ2n) is 5.19. The first-order valence-corrected chi connectivity index (χ1v) is 11.9. The van der Waals surface area contributed by atoms with E-state index in [2.05, 4.69) is 24.3 Å². The van der Waals surface area contributed by atoms with E-state index in [1.54, 1.807) is 0 Å². The van der Waals surface area contributed by atoms with Gasteiger partial charge in [0, 0.05) is 0 Å². The summed E-state index contributed by atoms with van der Waals surface area (Å²) in [5.74, 6) is 0. The van der Waals surface area contributed by atoms with Crippen molar-refractivity contribution in [1.29, 1.82) is 0 Å². The standard InChI is InChI=1S/C15H18O3Si2/c16-15-11-12-20(19(17)18-15,13-7-3-1-4-8-13)14-9-5-2-6-10-14/h1-10,15-17,19H,11-12H2. The second-order valence-corrected chi connectivity index (χ2v) is 14.2. The topological polar surface area (TPSA) is 49.7 Å². The Kier molecular flexibility index (Phi) is 3.86. The number of aliphatic hydroxyl groups excluding tert-OH is 1. The molecule has 2 unspecified atom stereocenters. The fraction of sp³-hybridized carbons (Fsp3) is 0.200. The van der Waals surface area contributed by atoms with Crippen molar-refractivity contribution in [2.24, 2.45) is 0 Å². The van der Waals surface area contributed by atoms with E-state index in [0.717, 1.165) is 6.04 Å². The van der Waals surface area contributed by atoms with Gasteiger partial charge in [-0.2, -0.15) is 0 Å². The molecule has 0 spiro atoms. The van der Waals surface area contributed by atoms with Crippen LogP contribution in [0.2, 0.25) is 6.04 Å². The van der Waals surface area contributed by atoms with Crippen LogP contribution in [0.1, 0.15) is 6.42 Å². The van der Waals surface area contributed by atoms with E-state index in [0.29, 0.717) is 6.42 Å². The van der Waals surface area contributed by atoms with Gasteiger partial charge in [0.15, 0.2) is 7.59 Å². The molecule has 2 aromatic rings. The van der Waals surface area contributed by atoms with E-state index in [9.17, 15) is 9.90 Å². The Hall–Kier alpha value is -1.25. The number of rotatable bonds is 2. The predicted octanol–water partition coefficient (Wildman–Crippen LogP) is 0.279.